The van der Waals surface area contributed by atoms with E-state index in [2.05, 4.69) is 10.6 Å². The zero-order valence-electron chi connectivity index (χ0n) is 23.7. The molecule has 2 heterocycles. The van der Waals surface area contributed by atoms with Crippen LogP contribution in [0, 0.1) is 11.7 Å². The van der Waals surface area contributed by atoms with E-state index in [4.69, 9.17) is 23.2 Å². The Hall–Kier alpha value is -2.39. The third kappa shape index (κ3) is 7.08. The second-order valence-corrected chi connectivity index (χ2v) is 12.2. The first-order valence-electron chi connectivity index (χ1n) is 14.0. The number of carbonyl (C=O) groups is 2. The van der Waals surface area contributed by atoms with Crippen LogP contribution in [-0.2, 0) is 9.59 Å². The van der Waals surface area contributed by atoms with Gasteiger partial charge in [-0.3, -0.25) is 9.59 Å². The van der Waals surface area contributed by atoms with Gasteiger partial charge in [-0.2, -0.15) is 0 Å². The van der Waals surface area contributed by atoms with E-state index >= 15 is 4.39 Å². The van der Waals surface area contributed by atoms with E-state index in [9.17, 15) is 9.59 Å². The van der Waals surface area contributed by atoms with Crippen LogP contribution in [-0.4, -0.2) is 81.0 Å². The number of piperazine rings is 1. The van der Waals surface area contributed by atoms with Gasteiger partial charge in [-0.05, 0) is 56.7 Å². The number of hydrogen-bond acceptors (Lipinski definition) is 5. The predicted molar refractivity (Wildman–Crippen MR) is 160 cm³/mol. The van der Waals surface area contributed by atoms with Crippen LogP contribution in [0.15, 0.2) is 36.4 Å². The molecule has 2 fully saturated rings. The van der Waals surface area contributed by atoms with E-state index < -0.39 is 0 Å². The average molecular weight is 593 g/mol. The van der Waals surface area contributed by atoms with E-state index in [1.54, 1.807) is 12.1 Å². The number of halogens is 3. The molecule has 218 valence electrons. The largest absolute Gasteiger partial charge is 0.365 e. The van der Waals surface area contributed by atoms with Crippen molar-refractivity contribution >= 4 is 40.7 Å². The number of anilines is 1. The molecule has 0 aromatic heterocycles. The Morgan fingerprint density at radius 2 is 1.85 bits per heavy atom. The number of rotatable bonds is 9. The first kappa shape index (κ1) is 30.6. The molecule has 0 saturated carbocycles. The van der Waals surface area contributed by atoms with Gasteiger partial charge < -0.3 is 25.3 Å². The summed E-state index contributed by atoms with van der Waals surface area (Å²) in [6.45, 7) is 7.39. The molecule has 2 unspecified atom stereocenters. The van der Waals surface area contributed by atoms with Crippen LogP contribution >= 0.6 is 23.2 Å². The van der Waals surface area contributed by atoms with Gasteiger partial charge in [0.15, 0.2) is 0 Å². The van der Waals surface area contributed by atoms with Crippen molar-refractivity contribution in [1.82, 2.24) is 20.4 Å². The van der Waals surface area contributed by atoms with Crippen molar-refractivity contribution in [3.63, 3.8) is 0 Å². The molecule has 4 rings (SSSR count). The van der Waals surface area contributed by atoms with Gasteiger partial charge in [-0.25, -0.2) is 4.39 Å². The van der Waals surface area contributed by atoms with E-state index in [1.807, 2.05) is 60.8 Å². The standard InChI is InChI=1S/C30H40Cl2FN5O2/c1-19(2)27(35-26(39)11-13-36(3)4)23-6-5-7-25(33)29(23)37-14-16-38(17-15-37)30(40)28-22(10-12-34-28)21-9-8-20(31)18-24(21)32/h5-9,18-19,22,27-28,34H,10-17H2,1-4H3,(H,35,39)/t22?,27-,28?/m0/s1. The second kappa shape index (κ2) is 13.5. The van der Waals surface area contributed by atoms with Gasteiger partial charge in [0.05, 0.1) is 17.8 Å². The summed E-state index contributed by atoms with van der Waals surface area (Å²) in [4.78, 5) is 32.2. The molecule has 7 nitrogen and oxygen atoms in total. The van der Waals surface area contributed by atoms with Crippen molar-refractivity contribution in [2.75, 3.05) is 58.3 Å². The SMILES string of the molecule is CC(C)[C@H](NC(=O)CCN(C)C)c1cccc(F)c1N1CCN(C(=O)C2NCCC2c2ccc(Cl)cc2Cl)CC1. The number of nitrogens with one attached hydrogen (secondary N) is 2. The van der Waals surface area contributed by atoms with Gasteiger partial charge >= 0.3 is 0 Å². The summed E-state index contributed by atoms with van der Waals surface area (Å²) in [5, 5.41) is 7.65. The van der Waals surface area contributed by atoms with Gasteiger partial charge in [0.1, 0.15) is 5.82 Å². The van der Waals surface area contributed by atoms with Gasteiger partial charge in [-0.1, -0.05) is 55.2 Å². The Kier molecular flexibility index (Phi) is 10.3. The van der Waals surface area contributed by atoms with Crippen LogP contribution in [0.5, 0.6) is 0 Å². The molecule has 0 spiro atoms. The molecule has 3 atom stereocenters. The van der Waals surface area contributed by atoms with Crippen molar-refractivity contribution < 1.29 is 14.0 Å². The molecular weight excluding hydrogens is 552 g/mol. The fraction of sp³-hybridized carbons (Fsp3) is 0.533. The van der Waals surface area contributed by atoms with E-state index in [0.717, 1.165) is 24.1 Å². The molecule has 10 heteroatoms. The average Bonchev–Trinajstić information content (AvgIpc) is 3.39. The number of hydrogen-bond donors (Lipinski definition) is 2. The number of benzene rings is 2. The van der Waals surface area contributed by atoms with E-state index in [0.29, 0.717) is 54.9 Å². The van der Waals surface area contributed by atoms with E-state index in [-0.39, 0.29) is 41.6 Å². The maximum absolute atomic E-state index is 15.4. The molecule has 2 aromatic rings. The Labute approximate surface area is 247 Å². The van der Waals surface area contributed by atoms with Gasteiger partial charge in [-0.15, -0.1) is 0 Å². The summed E-state index contributed by atoms with van der Waals surface area (Å²) >= 11 is 12.6. The minimum absolute atomic E-state index is 0.0311. The molecule has 2 amide bonds. The molecule has 0 radical (unpaired) electrons. The summed E-state index contributed by atoms with van der Waals surface area (Å²) in [5.74, 6) is -0.305. The Bertz CT molecular complexity index is 1200. The van der Waals surface area contributed by atoms with Crippen LogP contribution < -0.4 is 15.5 Å². The second-order valence-electron chi connectivity index (χ2n) is 11.3. The highest BCUT2D eigenvalue weighted by Crippen LogP contribution is 2.36. The van der Waals surface area contributed by atoms with Crippen molar-refractivity contribution in [3.8, 4) is 0 Å². The Balaban J connectivity index is 1.47. The molecule has 2 saturated heterocycles. The van der Waals surface area contributed by atoms with Gasteiger partial charge in [0.2, 0.25) is 11.8 Å². The van der Waals surface area contributed by atoms with Crippen LogP contribution in [0.4, 0.5) is 10.1 Å². The lowest BCUT2D eigenvalue weighted by Crippen LogP contribution is -2.54. The summed E-state index contributed by atoms with van der Waals surface area (Å²) in [5.41, 5.74) is 2.20. The lowest BCUT2D eigenvalue weighted by Gasteiger charge is -2.39. The first-order chi connectivity index (χ1) is 19.1. The number of carbonyl (C=O) groups excluding carboxylic acids is 2. The molecule has 0 aliphatic carbocycles. The lowest BCUT2D eigenvalue weighted by atomic mass is 9.91. The monoisotopic (exact) mass is 591 g/mol. The first-order valence-corrected chi connectivity index (χ1v) is 14.8. The minimum Gasteiger partial charge on any atom is -0.365 e. The minimum atomic E-state index is -0.364. The van der Waals surface area contributed by atoms with Gasteiger partial charge in [0, 0.05) is 60.7 Å². The molecule has 0 bridgehead atoms. The molecule has 2 aliphatic heterocycles. The highest BCUT2D eigenvalue weighted by Gasteiger charge is 2.38. The van der Waals surface area contributed by atoms with Crippen molar-refractivity contribution in [3.05, 3.63) is 63.4 Å². The Morgan fingerprint density at radius 1 is 1.12 bits per heavy atom. The number of amides is 2. The zero-order valence-corrected chi connectivity index (χ0v) is 25.2. The predicted octanol–water partition coefficient (Wildman–Crippen LogP) is 4.69. The number of para-hydroxylation sites is 1. The quantitative estimate of drug-likeness (QED) is 0.443. The smallest absolute Gasteiger partial charge is 0.240 e. The normalized spacial score (nSPS) is 20.3. The fourth-order valence-corrected chi connectivity index (χ4v) is 6.29. The van der Waals surface area contributed by atoms with Crippen LogP contribution in [0.1, 0.15) is 49.8 Å². The molecule has 40 heavy (non-hydrogen) atoms. The molecule has 2 N–H and O–H groups in total. The lowest BCUT2D eigenvalue weighted by molar-refractivity contribution is -0.133. The molecule has 2 aliphatic rings. The summed E-state index contributed by atoms with van der Waals surface area (Å²) in [7, 11) is 3.86. The maximum atomic E-state index is 15.4. The summed E-state index contributed by atoms with van der Waals surface area (Å²) < 4.78 is 15.4. The topological polar surface area (TPSA) is 67.9 Å². The number of nitrogens with zero attached hydrogens (tertiary/aromatic N) is 3. The summed E-state index contributed by atoms with van der Waals surface area (Å²) in [6.07, 6.45) is 1.19. The van der Waals surface area contributed by atoms with Crippen molar-refractivity contribution in [1.29, 1.82) is 0 Å². The van der Waals surface area contributed by atoms with Crippen LogP contribution in [0.3, 0.4) is 0 Å². The maximum Gasteiger partial charge on any atom is 0.240 e. The third-order valence-electron chi connectivity index (χ3n) is 7.88. The van der Waals surface area contributed by atoms with Crippen LogP contribution in [0.2, 0.25) is 10.0 Å². The molecule has 2 aromatic carbocycles. The zero-order chi connectivity index (χ0) is 29.0. The highest BCUT2D eigenvalue weighted by atomic mass is 35.5. The third-order valence-corrected chi connectivity index (χ3v) is 8.44. The van der Waals surface area contributed by atoms with E-state index in [1.165, 1.54) is 6.07 Å². The van der Waals surface area contributed by atoms with Gasteiger partial charge in [0.25, 0.3) is 0 Å². The van der Waals surface area contributed by atoms with Crippen LogP contribution in [0.25, 0.3) is 0 Å². The molecular formula is C30H40Cl2FN5O2. The van der Waals surface area contributed by atoms with Crippen molar-refractivity contribution in [2.45, 2.75) is 44.7 Å². The van der Waals surface area contributed by atoms with Crippen molar-refractivity contribution in [2.24, 2.45) is 5.92 Å². The summed E-state index contributed by atoms with van der Waals surface area (Å²) in [6, 6.07) is 9.80. The fourth-order valence-electron chi connectivity index (χ4n) is 5.74. The highest BCUT2D eigenvalue weighted by molar-refractivity contribution is 6.35. The Morgan fingerprint density at radius 3 is 2.50 bits per heavy atom.